The van der Waals surface area contributed by atoms with E-state index < -0.39 is 0 Å². The number of hydrogen-bond acceptors (Lipinski definition) is 5. The molecule has 0 saturated heterocycles. The molecule has 0 aliphatic rings. The second-order valence-corrected chi connectivity index (χ2v) is 2.77. The van der Waals surface area contributed by atoms with Gasteiger partial charge in [-0.1, -0.05) is 0 Å². The molecule has 0 aromatic carbocycles. The van der Waals surface area contributed by atoms with Gasteiger partial charge >= 0.3 is 0 Å². The molecule has 0 saturated carbocycles. The summed E-state index contributed by atoms with van der Waals surface area (Å²) >= 11 is 0. The lowest BCUT2D eigenvalue weighted by Crippen LogP contribution is -2.07. The van der Waals surface area contributed by atoms with Gasteiger partial charge in [0, 0.05) is 18.3 Å². The van der Waals surface area contributed by atoms with Crippen LogP contribution in [-0.4, -0.2) is 34.8 Å². The van der Waals surface area contributed by atoms with Gasteiger partial charge in [-0.05, 0) is 13.8 Å². The van der Waals surface area contributed by atoms with Crippen LogP contribution in [0.1, 0.15) is 12.6 Å². The average molecular weight is 197 g/mol. The molecule has 2 N–H and O–H groups in total. The maximum atomic E-state index is 8.59. The zero-order valence-electron chi connectivity index (χ0n) is 8.45. The summed E-state index contributed by atoms with van der Waals surface area (Å²) in [5.74, 6) is 1.04. The van der Waals surface area contributed by atoms with Gasteiger partial charge in [0.05, 0.1) is 6.61 Å². The lowest BCUT2D eigenvalue weighted by molar-refractivity contribution is 0.196. The summed E-state index contributed by atoms with van der Waals surface area (Å²) in [6.07, 6.45) is 0. The Kier molecular flexibility index (Phi) is 4.12. The Morgan fingerprint density at radius 2 is 2.29 bits per heavy atom. The molecule has 0 aliphatic heterocycles. The van der Waals surface area contributed by atoms with Gasteiger partial charge in [0.1, 0.15) is 6.61 Å². The van der Waals surface area contributed by atoms with Crippen molar-refractivity contribution in [3.05, 3.63) is 11.8 Å². The van der Waals surface area contributed by atoms with Crippen molar-refractivity contribution in [1.29, 1.82) is 0 Å². The number of hydrogen-bond donors (Lipinski definition) is 2. The van der Waals surface area contributed by atoms with E-state index in [9.17, 15) is 0 Å². The lowest BCUT2D eigenvalue weighted by Gasteiger charge is -2.06. The third-order valence-corrected chi connectivity index (χ3v) is 1.51. The first-order valence-electron chi connectivity index (χ1n) is 4.59. The summed E-state index contributed by atoms with van der Waals surface area (Å²) in [5, 5.41) is 11.6. The van der Waals surface area contributed by atoms with Crippen molar-refractivity contribution in [1.82, 2.24) is 9.97 Å². The number of rotatable bonds is 5. The number of nitrogens with zero attached hydrogens (tertiary/aromatic N) is 2. The van der Waals surface area contributed by atoms with Gasteiger partial charge < -0.3 is 15.2 Å². The molecule has 0 fully saturated rings. The molecular formula is C9H15N3O2. The number of aliphatic hydroxyl groups excluding tert-OH is 1. The third-order valence-electron chi connectivity index (χ3n) is 1.51. The molecule has 14 heavy (non-hydrogen) atoms. The number of nitrogens with one attached hydrogen (secondary N) is 1. The first kappa shape index (κ1) is 10.7. The first-order valence-corrected chi connectivity index (χ1v) is 4.59. The quantitative estimate of drug-likeness (QED) is 0.723. The van der Waals surface area contributed by atoms with Crippen molar-refractivity contribution < 1.29 is 9.84 Å². The predicted molar refractivity (Wildman–Crippen MR) is 53.5 cm³/mol. The molecule has 1 aromatic rings. The summed E-state index contributed by atoms with van der Waals surface area (Å²) in [7, 11) is 0. The second kappa shape index (κ2) is 5.39. The topological polar surface area (TPSA) is 67.3 Å². The van der Waals surface area contributed by atoms with Crippen LogP contribution < -0.4 is 10.1 Å². The fourth-order valence-corrected chi connectivity index (χ4v) is 1.00. The Bertz CT molecular complexity index is 291. The van der Waals surface area contributed by atoms with E-state index in [1.54, 1.807) is 6.07 Å². The van der Waals surface area contributed by atoms with Gasteiger partial charge in [-0.15, -0.1) is 0 Å². The van der Waals surface area contributed by atoms with Crippen LogP contribution >= 0.6 is 0 Å². The molecule has 0 amide bonds. The second-order valence-electron chi connectivity index (χ2n) is 2.77. The van der Waals surface area contributed by atoms with Crippen molar-refractivity contribution in [2.24, 2.45) is 0 Å². The Balaban J connectivity index is 2.73. The minimum atomic E-state index is -0.0143. The average Bonchev–Trinajstić information content (AvgIpc) is 2.14. The summed E-state index contributed by atoms with van der Waals surface area (Å²) in [5.41, 5.74) is 0.837. The Morgan fingerprint density at radius 1 is 1.50 bits per heavy atom. The van der Waals surface area contributed by atoms with Crippen LogP contribution in [0.25, 0.3) is 0 Å². The number of ether oxygens (including phenoxy) is 1. The van der Waals surface area contributed by atoms with E-state index >= 15 is 0 Å². The maximum Gasteiger partial charge on any atom is 0.226 e. The fraction of sp³-hybridized carbons (Fsp3) is 0.556. The molecule has 78 valence electrons. The van der Waals surface area contributed by atoms with E-state index in [1.165, 1.54) is 0 Å². The molecular weight excluding hydrogens is 182 g/mol. The van der Waals surface area contributed by atoms with Crippen LogP contribution in [0.4, 0.5) is 5.95 Å². The highest BCUT2D eigenvalue weighted by molar-refractivity contribution is 5.30. The highest BCUT2D eigenvalue weighted by atomic mass is 16.5. The van der Waals surface area contributed by atoms with Crippen LogP contribution in [0.3, 0.4) is 0 Å². The van der Waals surface area contributed by atoms with Crippen molar-refractivity contribution >= 4 is 5.95 Å². The minimum absolute atomic E-state index is 0.0143. The van der Waals surface area contributed by atoms with Gasteiger partial charge in [0.2, 0.25) is 11.8 Å². The fourth-order valence-electron chi connectivity index (χ4n) is 1.00. The van der Waals surface area contributed by atoms with Crippen LogP contribution in [0.2, 0.25) is 0 Å². The summed E-state index contributed by atoms with van der Waals surface area (Å²) in [4.78, 5) is 8.27. The number of anilines is 1. The number of aromatic nitrogens is 2. The van der Waals surface area contributed by atoms with Gasteiger partial charge in [0.25, 0.3) is 0 Å². The lowest BCUT2D eigenvalue weighted by atomic mass is 10.4. The van der Waals surface area contributed by atoms with Gasteiger partial charge in [-0.2, -0.15) is 4.98 Å². The predicted octanol–water partition coefficient (Wildman–Crippen LogP) is 0.588. The van der Waals surface area contributed by atoms with Gasteiger partial charge in [0.15, 0.2) is 0 Å². The maximum absolute atomic E-state index is 8.59. The molecule has 0 unspecified atom stereocenters. The summed E-state index contributed by atoms with van der Waals surface area (Å²) in [6.45, 7) is 4.85. The third kappa shape index (κ3) is 3.18. The summed E-state index contributed by atoms with van der Waals surface area (Å²) in [6, 6.07) is 1.73. The standard InChI is InChI=1S/C9H15N3O2/c1-3-10-9-11-7(2)6-8(12-9)14-5-4-13/h6,13H,3-5H2,1-2H3,(H,10,11,12). The molecule has 5 heteroatoms. The largest absolute Gasteiger partial charge is 0.475 e. The molecule has 0 aliphatic carbocycles. The van der Waals surface area contributed by atoms with E-state index in [2.05, 4.69) is 15.3 Å². The SMILES string of the molecule is CCNc1nc(C)cc(OCCO)n1. The van der Waals surface area contributed by atoms with E-state index in [0.717, 1.165) is 12.2 Å². The monoisotopic (exact) mass is 197 g/mol. The van der Waals surface area contributed by atoms with Gasteiger partial charge in [-0.3, -0.25) is 0 Å². The first-order chi connectivity index (χ1) is 6.76. The van der Waals surface area contributed by atoms with E-state index in [4.69, 9.17) is 9.84 Å². The highest BCUT2D eigenvalue weighted by Crippen LogP contribution is 2.11. The normalized spacial score (nSPS) is 9.93. The smallest absolute Gasteiger partial charge is 0.226 e. The molecule has 5 nitrogen and oxygen atoms in total. The van der Waals surface area contributed by atoms with Crippen molar-refractivity contribution in [3.8, 4) is 5.88 Å². The zero-order valence-corrected chi connectivity index (χ0v) is 8.45. The molecule has 1 aromatic heterocycles. The minimum Gasteiger partial charge on any atom is -0.475 e. The van der Waals surface area contributed by atoms with Crippen molar-refractivity contribution in [2.75, 3.05) is 25.1 Å². The number of aryl methyl sites for hydroxylation is 1. The Morgan fingerprint density at radius 3 is 2.93 bits per heavy atom. The molecule has 0 radical (unpaired) electrons. The zero-order chi connectivity index (χ0) is 10.4. The Hall–Kier alpha value is -1.36. The van der Waals surface area contributed by atoms with E-state index in [0.29, 0.717) is 11.8 Å². The molecule has 0 atom stereocenters. The van der Waals surface area contributed by atoms with Crippen LogP contribution in [0, 0.1) is 6.92 Å². The molecule has 1 heterocycles. The van der Waals surface area contributed by atoms with Crippen LogP contribution in [0.15, 0.2) is 6.07 Å². The van der Waals surface area contributed by atoms with Gasteiger partial charge in [-0.25, -0.2) is 4.98 Å². The Labute approximate surface area is 83.2 Å². The van der Waals surface area contributed by atoms with Crippen LogP contribution in [-0.2, 0) is 0 Å². The number of aliphatic hydroxyl groups is 1. The van der Waals surface area contributed by atoms with Crippen molar-refractivity contribution in [3.63, 3.8) is 0 Å². The van der Waals surface area contributed by atoms with Crippen LogP contribution in [0.5, 0.6) is 5.88 Å². The van der Waals surface area contributed by atoms with E-state index in [1.807, 2.05) is 13.8 Å². The molecule has 0 bridgehead atoms. The van der Waals surface area contributed by atoms with Crippen molar-refractivity contribution in [2.45, 2.75) is 13.8 Å². The molecule has 0 spiro atoms. The van der Waals surface area contributed by atoms with E-state index in [-0.39, 0.29) is 13.2 Å². The molecule has 1 rings (SSSR count). The highest BCUT2D eigenvalue weighted by Gasteiger charge is 2.01. The summed E-state index contributed by atoms with van der Waals surface area (Å²) < 4.78 is 5.18.